The number of nitrogens with zero attached hydrogens (tertiary/aromatic N) is 1. The summed E-state index contributed by atoms with van der Waals surface area (Å²) in [6.07, 6.45) is 0.262. The Labute approximate surface area is 111 Å². The number of hydrogen-bond donors (Lipinski definition) is 2. The first-order chi connectivity index (χ1) is 9.28. The van der Waals surface area contributed by atoms with Crippen molar-refractivity contribution >= 4 is 0 Å². The van der Waals surface area contributed by atoms with E-state index in [4.69, 9.17) is 9.68 Å². The lowest BCUT2D eigenvalue weighted by Crippen LogP contribution is -2.28. The molecule has 3 rings (SSSR count). The van der Waals surface area contributed by atoms with Gasteiger partial charge in [0.15, 0.2) is 0 Å². The van der Waals surface area contributed by atoms with Crippen LogP contribution in [0, 0.1) is 11.3 Å². The molecule has 2 N–H and O–H groups in total. The lowest BCUT2D eigenvalue weighted by Gasteiger charge is -2.17. The fourth-order valence-corrected chi connectivity index (χ4v) is 2.56. The summed E-state index contributed by atoms with van der Waals surface area (Å²) in [6, 6.07) is 13.3. The third-order valence-corrected chi connectivity index (χ3v) is 3.47. The second-order valence-electron chi connectivity index (χ2n) is 4.71. The Balaban J connectivity index is 1.72. The molecular weight excluding hydrogens is 240 g/mol. The van der Waals surface area contributed by atoms with Crippen LogP contribution in [0.25, 0.3) is 0 Å². The highest BCUT2D eigenvalue weighted by atomic mass is 16.3. The first-order valence-electron chi connectivity index (χ1n) is 6.26. The lowest BCUT2D eigenvalue weighted by atomic mass is 10.1. The van der Waals surface area contributed by atoms with E-state index in [0.29, 0.717) is 24.5 Å². The minimum atomic E-state index is -0.414. The molecule has 1 aromatic carbocycles. The van der Waals surface area contributed by atoms with Crippen LogP contribution in [0.5, 0.6) is 0 Å². The van der Waals surface area contributed by atoms with E-state index >= 15 is 0 Å². The smallest absolute Gasteiger partial charge is 0.203 e. The molecule has 0 fully saturated rings. The molecule has 0 unspecified atom stereocenters. The normalized spacial score (nSPS) is 21.1. The van der Waals surface area contributed by atoms with Crippen molar-refractivity contribution in [1.82, 2.24) is 5.32 Å². The molecule has 1 heterocycles. The van der Waals surface area contributed by atoms with Crippen LogP contribution >= 0.6 is 0 Å². The zero-order valence-electron chi connectivity index (χ0n) is 10.3. The van der Waals surface area contributed by atoms with Crippen molar-refractivity contribution in [3.63, 3.8) is 0 Å². The number of aliphatic hydroxyl groups excluding tert-OH is 1. The van der Waals surface area contributed by atoms with Gasteiger partial charge in [-0.3, -0.25) is 0 Å². The molecule has 4 nitrogen and oxygen atoms in total. The third-order valence-electron chi connectivity index (χ3n) is 3.47. The minimum absolute atomic E-state index is 0.0770. The van der Waals surface area contributed by atoms with Gasteiger partial charge in [-0.15, -0.1) is 0 Å². The van der Waals surface area contributed by atoms with Gasteiger partial charge in [-0.25, -0.2) is 0 Å². The number of benzene rings is 1. The third kappa shape index (κ3) is 2.26. The second kappa shape index (κ2) is 4.88. The predicted molar refractivity (Wildman–Crippen MR) is 69.2 cm³/mol. The highest BCUT2D eigenvalue weighted by Gasteiger charge is 2.30. The highest BCUT2D eigenvalue weighted by Crippen LogP contribution is 2.31. The van der Waals surface area contributed by atoms with Crippen LogP contribution in [-0.4, -0.2) is 11.2 Å². The second-order valence-corrected chi connectivity index (χ2v) is 4.71. The number of aliphatic hydroxyl groups is 1. The maximum atomic E-state index is 10.1. The molecule has 96 valence electrons. The van der Waals surface area contributed by atoms with Crippen molar-refractivity contribution < 1.29 is 9.52 Å². The molecule has 1 aromatic heterocycles. The van der Waals surface area contributed by atoms with E-state index in [1.807, 2.05) is 30.3 Å². The van der Waals surface area contributed by atoms with Crippen molar-refractivity contribution in [2.24, 2.45) is 0 Å². The standard InChI is InChI=1S/C15H14N2O2/c16-8-11-5-6-12(19-11)9-17-15-13-4-2-1-3-10(13)7-14(15)18/h1-6,14-15,17-18H,7,9H2/t14-,15+/m0/s1. The number of fused-ring (bicyclic) bond motifs is 1. The van der Waals surface area contributed by atoms with Crippen LogP contribution in [0.1, 0.15) is 28.7 Å². The molecule has 1 aliphatic rings. The van der Waals surface area contributed by atoms with Crippen molar-refractivity contribution in [1.29, 1.82) is 5.26 Å². The fourth-order valence-electron chi connectivity index (χ4n) is 2.56. The molecule has 0 saturated carbocycles. The number of hydrogen-bond acceptors (Lipinski definition) is 4. The van der Waals surface area contributed by atoms with E-state index in [0.717, 1.165) is 5.56 Å². The van der Waals surface area contributed by atoms with Crippen LogP contribution in [0.4, 0.5) is 0 Å². The van der Waals surface area contributed by atoms with Gasteiger partial charge in [0.1, 0.15) is 11.8 Å². The molecule has 2 aromatic rings. The molecule has 1 aliphatic carbocycles. The first-order valence-corrected chi connectivity index (χ1v) is 6.26. The van der Waals surface area contributed by atoms with E-state index in [2.05, 4.69) is 5.32 Å². The molecule has 2 atom stereocenters. The van der Waals surface area contributed by atoms with Crippen molar-refractivity contribution in [3.8, 4) is 6.07 Å². The fraction of sp³-hybridized carbons (Fsp3) is 0.267. The number of furan rings is 1. The van der Waals surface area contributed by atoms with Crippen LogP contribution in [0.15, 0.2) is 40.8 Å². The highest BCUT2D eigenvalue weighted by molar-refractivity contribution is 5.36. The summed E-state index contributed by atoms with van der Waals surface area (Å²) in [5, 5.41) is 22.1. The van der Waals surface area contributed by atoms with Gasteiger partial charge >= 0.3 is 0 Å². The summed E-state index contributed by atoms with van der Waals surface area (Å²) in [5.41, 5.74) is 2.33. The van der Waals surface area contributed by atoms with Crippen molar-refractivity contribution in [2.75, 3.05) is 0 Å². The molecule has 0 amide bonds. The topological polar surface area (TPSA) is 69.2 Å². The molecular formula is C15H14N2O2. The maximum Gasteiger partial charge on any atom is 0.203 e. The van der Waals surface area contributed by atoms with Gasteiger partial charge in [-0.1, -0.05) is 24.3 Å². The van der Waals surface area contributed by atoms with E-state index < -0.39 is 6.10 Å². The van der Waals surface area contributed by atoms with Gasteiger partial charge < -0.3 is 14.8 Å². The minimum Gasteiger partial charge on any atom is -0.449 e. The number of rotatable bonds is 3. The van der Waals surface area contributed by atoms with Gasteiger partial charge in [0.2, 0.25) is 5.76 Å². The summed E-state index contributed by atoms with van der Waals surface area (Å²) < 4.78 is 5.31. The molecule has 19 heavy (non-hydrogen) atoms. The maximum absolute atomic E-state index is 10.1. The quantitative estimate of drug-likeness (QED) is 0.877. The van der Waals surface area contributed by atoms with E-state index in [-0.39, 0.29) is 6.04 Å². The van der Waals surface area contributed by atoms with Gasteiger partial charge in [-0.2, -0.15) is 5.26 Å². The van der Waals surface area contributed by atoms with Crippen LogP contribution in [-0.2, 0) is 13.0 Å². The molecule has 0 spiro atoms. The van der Waals surface area contributed by atoms with Gasteiger partial charge in [-0.05, 0) is 23.3 Å². The molecule has 0 radical (unpaired) electrons. The zero-order chi connectivity index (χ0) is 13.2. The molecule has 4 heteroatoms. The van der Waals surface area contributed by atoms with Crippen LogP contribution < -0.4 is 5.32 Å². The number of nitriles is 1. The summed E-state index contributed by atoms with van der Waals surface area (Å²) in [7, 11) is 0. The Morgan fingerprint density at radius 1 is 1.32 bits per heavy atom. The van der Waals surface area contributed by atoms with Gasteiger partial charge in [0, 0.05) is 6.42 Å². The Morgan fingerprint density at radius 2 is 2.16 bits per heavy atom. The largest absolute Gasteiger partial charge is 0.449 e. The number of nitrogens with one attached hydrogen (secondary N) is 1. The van der Waals surface area contributed by atoms with Crippen molar-refractivity contribution in [2.45, 2.75) is 25.1 Å². The molecule has 0 bridgehead atoms. The average Bonchev–Trinajstić information content (AvgIpc) is 3.00. The van der Waals surface area contributed by atoms with Crippen LogP contribution in [0.3, 0.4) is 0 Å². The summed E-state index contributed by atoms with van der Waals surface area (Å²) in [6.45, 7) is 0.498. The zero-order valence-corrected chi connectivity index (χ0v) is 10.3. The first kappa shape index (κ1) is 12.0. The van der Waals surface area contributed by atoms with E-state index in [1.165, 1.54) is 5.56 Å². The van der Waals surface area contributed by atoms with E-state index in [9.17, 15) is 5.11 Å². The van der Waals surface area contributed by atoms with Gasteiger partial charge in [0.05, 0.1) is 18.7 Å². The van der Waals surface area contributed by atoms with E-state index in [1.54, 1.807) is 12.1 Å². The van der Waals surface area contributed by atoms with Crippen LogP contribution in [0.2, 0.25) is 0 Å². The Bertz CT molecular complexity index is 627. The van der Waals surface area contributed by atoms with Crippen molar-refractivity contribution in [3.05, 3.63) is 59.0 Å². The monoisotopic (exact) mass is 254 g/mol. The average molecular weight is 254 g/mol. The summed E-state index contributed by atoms with van der Waals surface area (Å²) in [4.78, 5) is 0. The summed E-state index contributed by atoms with van der Waals surface area (Å²) in [5.74, 6) is 1.01. The molecule has 0 aliphatic heterocycles. The predicted octanol–water partition coefficient (Wildman–Crippen LogP) is 1.90. The Kier molecular flexibility index (Phi) is 3.08. The lowest BCUT2D eigenvalue weighted by molar-refractivity contribution is 0.139. The SMILES string of the molecule is N#Cc1ccc(CN[C@@H]2c3ccccc3C[C@@H]2O)o1. The summed E-state index contributed by atoms with van der Waals surface area (Å²) >= 11 is 0. The van der Waals surface area contributed by atoms with Gasteiger partial charge in [0.25, 0.3) is 0 Å². The Hall–Kier alpha value is -2.09. The Morgan fingerprint density at radius 3 is 2.95 bits per heavy atom. The molecule has 0 saturated heterocycles.